The summed E-state index contributed by atoms with van der Waals surface area (Å²) in [5, 5.41) is 18.8. The molecule has 1 atom stereocenters. The van der Waals surface area contributed by atoms with Crippen LogP contribution in [0, 0.1) is 5.41 Å². The van der Waals surface area contributed by atoms with Gasteiger partial charge in [-0.1, -0.05) is 9.24 Å². The van der Waals surface area contributed by atoms with E-state index in [1.807, 2.05) is 0 Å². The first-order valence-electron chi connectivity index (χ1n) is 5.51. The number of unbranched alkanes of at least 4 members (excludes halogenated alkanes) is 1. The summed E-state index contributed by atoms with van der Waals surface area (Å²) in [7, 11) is 2.14. The Morgan fingerprint density at radius 3 is 2.79 bits per heavy atom. The summed E-state index contributed by atoms with van der Waals surface area (Å²) in [6.45, 7) is 0.421. The maximum absolute atomic E-state index is 11.7. The fourth-order valence-electron chi connectivity index (χ4n) is 1.42. The maximum atomic E-state index is 11.7. The summed E-state index contributed by atoms with van der Waals surface area (Å²) in [5.41, 5.74) is -0.0850. The largest absolute Gasteiger partial charge is 0.481 e. The molecule has 0 aliphatic heterocycles. The monoisotopic (exact) mass is 304 g/mol. The van der Waals surface area contributed by atoms with E-state index in [9.17, 15) is 9.59 Å². The second kappa shape index (κ2) is 7.21. The lowest BCUT2D eigenvalue weighted by molar-refractivity contribution is -0.137. The zero-order valence-electron chi connectivity index (χ0n) is 9.99. The number of carbonyl (C=O) groups is 1. The molecule has 0 amide bonds. The minimum absolute atomic E-state index is 0.0426. The molecular weight excluding hydrogens is 291 g/mol. The number of carboxylic acids is 1. The highest BCUT2D eigenvalue weighted by atomic mass is 35.5. The molecule has 0 saturated carbocycles. The number of carboxylic acid groups (broad SMARTS) is 1. The average molecular weight is 305 g/mol. The second-order valence-electron chi connectivity index (χ2n) is 3.77. The molecule has 0 spiro atoms. The number of hydrogen-bond donors (Lipinski definition) is 4. The van der Waals surface area contributed by atoms with Crippen molar-refractivity contribution in [3.8, 4) is 0 Å². The van der Waals surface area contributed by atoms with E-state index in [1.165, 1.54) is 0 Å². The van der Waals surface area contributed by atoms with Crippen molar-refractivity contribution < 1.29 is 9.90 Å². The van der Waals surface area contributed by atoms with Gasteiger partial charge in [0.1, 0.15) is 11.4 Å². The maximum Gasteiger partial charge on any atom is 0.303 e. The zero-order valence-corrected chi connectivity index (χ0v) is 11.9. The molecule has 0 saturated heterocycles. The van der Waals surface area contributed by atoms with Crippen molar-refractivity contribution in [2.24, 2.45) is 0 Å². The molecule has 1 unspecified atom stereocenters. The number of rotatable bonds is 7. The van der Waals surface area contributed by atoms with Gasteiger partial charge in [0.25, 0.3) is 5.56 Å². The number of aromatic amines is 1. The number of anilines is 1. The van der Waals surface area contributed by atoms with Crippen LogP contribution in [0.25, 0.3) is 0 Å². The molecule has 104 valence electrons. The summed E-state index contributed by atoms with van der Waals surface area (Å²) >= 11 is 5.62. The Labute approximate surface area is 116 Å². The highest BCUT2D eigenvalue weighted by molar-refractivity contribution is 7.41. The molecule has 1 aromatic heterocycles. The third kappa shape index (κ3) is 4.96. The van der Waals surface area contributed by atoms with Gasteiger partial charge in [-0.2, -0.15) is 0 Å². The van der Waals surface area contributed by atoms with Crippen molar-refractivity contribution >= 4 is 38.0 Å². The Balaban J connectivity index is 2.70. The number of hydrogen-bond acceptors (Lipinski definition) is 5. The van der Waals surface area contributed by atoms with Crippen LogP contribution in [0.4, 0.5) is 5.69 Å². The lowest BCUT2D eigenvalue weighted by Gasteiger charge is -2.09. The third-order valence-electron chi connectivity index (χ3n) is 2.26. The quantitative estimate of drug-likeness (QED) is 0.262. The third-order valence-corrected chi connectivity index (χ3v) is 2.72. The van der Waals surface area contributed by atoms with Crippen LogP contribution in [-0.2, 0) is 4.79 Å². The van der Waals surface area contributed by atoms with Crippen molar-refractivity contribution in [3.63, 3.8) is 0 Å². The molecule has 1 aromatic rings. The summed E-state index contributed by atoms with van der Waals surface area (Å²) in [6, 6.07) is 0. The van der Waals surface area contributed by atoms with Gasteiger partial charge in [0.15, 0.2) is 0 Å². The Morgan fingerprint density at radius 2 is 2.21 bits per heavy atom. The van der Waals surface area contributed by atoms with Gasteiger partial charge in [0.05, 0.1) is 5.45 Å². The lowest BCUT2D eigenvalue weighted by atomic mass is 10.2. The first-order valence-corrected chi connectivity index (χ1v) is 6.47. The molecule has 4 N–H and O–H groups in total. The van der Waals surface area contributed by atoms with Crippen LogP contribution in [0.5, 0.6) is 0 Å². The van der Waals surface area contributed by atoms with Gasteiger partial charge in [-0.3, -0.25) is 20.0 Å². The van der Waals surface area contributed by atoms with Crippen LogP contribution in [0.15, 0.2) is 4.79 Å². The highest BCUT2D eigenvalue weighted by Gasteiger charge is 2.12. The van der Waals surface area contributed by atoms with Crippen LogP contribution >= 0.6 is 20.8 Å². The molecular formula is C10H14ClN4O3P. The van der Waals surface area contributed by atoms with Crippen molar-refractivity contribution in [3.05, 3.63) is 21.3 Å². The van der Waals surface area contributed by atoms with Crippen molar-refractivity contribution in [2.75, 3.05) is 11.9 Å². The smallest absolute Gasteiger partial charge is 0.303 e. The number of nitrogens with one attached hydrogen (secondary N) is 3. The SMILES string of the molecule is N=C(P)c1nc(Cl)[nH]c(=O)c1NCCCCC(=O)O. The molecule has 0 aliphatic carbocycles. The van der Waals surface area contributed by atoms with E-state index in [1.54, 1.807) is 0 Å². The van der Waals surface area contributed by atoms with Crippen LogP contribution < -0.4 is 10.9 Å². The average Bonchev–Trinajstić information content (AvgIpc) is 2.29. The first kappa shape index (κ1) is 15.6. The topological polar surface area (TPSA) is 119 Å². The molecule has 0 bridgehead atoms. The minimum atomic E-state index is -0.849. The van der Waals surface area contributed by atoms with E-state index in [4.69, 9.17) is 22.1 Å². The van der Waals surface area contributed by atoms with Gasteiger partial charge in [-0.05, 0) is 24.4 Å². The molecule has 1 heterocycles. The van der Waals surface area contributed by atoms with Gasteiger partial charge < -0.3 is 10.4 Å². The minimum Gasteiger partial charge on any atom is -0.481 e. The van der Waals surface area contributed by atoms with Crippen LogP contribution in [-0.4, -0.2) is 33.0 Å². The molecule has 19 heavy (non-hydrogen) atoms. The summed E-state index contributed by atoms with van der Waals surface area (Å²) < 4.78 is 0. The predicted molar refractivity (Wildman–Crippen MR) is 76.4 cm³/mol. The van der Waals surface area contributed by atoms with Gasteiger partial charge in [0.2, 0.25) is 5.28 Å². The van der Waals surface area contributed by atoms with Crippen molar-refractivity contribution in [2.45, 2.75) is 19.3 Å². The fraction of sp³-hybridized carbons (Fsp3) is 0.400. The fourth-order valence-corrected chi connectivity index (χ4v) is 1.80. The zero-order chi connectivity index (χ0) is 14.4. The molecule has 0 fully saturated rings. The Bertz CT molecular complexity index is 546. The van der Waals surface area contributed by atoms with E-state index in [-0.39, 0.29) is 28.5 Å². The molecule has 0 aliphatic rings. The predicted octanol–water partition coefficient (Wildman–Crippen LogP) is 1.29. The number of nitrogens with zero attached hydrogens (tertiary/aromatic N) is 1. The van der Waals surface area contributed by atoms with E-state index in [2.05, 4.69) is 24.5 Å². The number of halogens is 1. The van der Waals surface area contributed by atoms with Crippen LogP contribution in [0.2, 0.25) is 5.28 Å². The van der Waals surface area contributed by atoms with E-state index < -0.39 is 11.5 Å². The van der Waals surface area contributed by atoms with Gasteiger partial charge in [-0.25, -0.2) is 4.98 Å². The summed E-state index contributed by atoms with van der Waals surface area (Å²) in [4.78, 5) is 28.2. The standard InChI is InChI=1S/C10H14ClN4O3P/c11-10-14-6(8(12)19)7(9(18)15-10)13-4-2-1-3-5(16)17/h12-13H,1-4,19H2,(H,16,17)(H,14,15,18). The van der Waals surface area contributed by atoms with Gasteiger partial charge in [-0.15, -0.1) is 0 Å². The van der Waals surface area contributed by atoms with Crippen molar-refractivity contribution in [1.82, 2.24) is 9.97 Å². The number of aliphatic carboxylic acids is 1. The molecule has 0 radical (unpaired) electrons. The summed E-state index contributed by atoms with van der Waals surface area (Å²) in [6.07, 6.45) is 1.19. The van der Waals surface area contributed by atoms with E-state index in [0.717, 1.165) is 0 Å². The Morgan fingerprint density at radius 1 is 1.53 bits per heavy atom. The van der Waals surface area contributed by atoms with Gasteiger partial charge >= 0.3 is 5.97 Å². The Hall–Kier alpha value is -1.46. The van der Waals surface area contributed by atoms with E-state index in [0.29, 0.717) is 19.4 Å². The normalized spacial score (nSPS) is 10.2. The van der Waals surface area contributed by atoms with Crippen LogP contribution in [0.3, 0.4) is 0 Å². The van der Waals surface area contributed by atoms with Crippen molar-refractivity contribution in [1.29, 1.82) is 5.41 Å². The van der Waals surface area contributed by atoms with E-state index >= 15 is 0 Å². The second-order valence-corrected chi connectivity index (χ2v) is 4.71. The number of aromatic nitrogens is 2. The molecule has 1 rings (SSSR count). The Kier molecular flexibility index (Phi) is 5.92. The molecule has 0 aromatic carbocycles. The molecule has 7 nitrogen and oxygen atoms in total. The first-order chi connectivity index (χ1) is 8.91. The highest BCUT2D eigenvalue weighted by Crippen LogP contribution is 2.13. The number of H-pyrrole nitrogens is 1. The summed E-state index contributed by atoms with van der Waals surface area (Å²) in [5.74, 6) is -0.849. The van der Waals surface area contributed by atoms with Gasteiger partial charge in [0, 0.05) is 13.0 Å². The lowest BCUT2D eigenvalue weighted by Crippen LogP contribution is -2.20. The van der Waals surface area contributed by atoms with Crippen LogP contribution in [0.1, 0.15) is 25.0 Å². The molecule has 9 heteroatoms.